The Hall–Kier alpha value is -4.28. The fourth-order valence-electron chi connectivity index (χ4n) is 5.88. The van der Waals surface area contributed by atoms with E-state index in [-0.39, 0.29) is 39.7 Å². The number of aryl methyl sites for hydroxylation is 2. The molecule has 44 heavy (non-hydrogen) atoms. The van der Waals surface area contributed by atoms with Gasteiger partial charge < -0.3 is 10.1 Å². The molecule has 1 fully saturated rings. The Morgan fingerprint density at radius 1 is 0.932 bits per heavy atom. The fraction of sp³-hybridized carbons (Fsp3) is 0.324. The highest BCUT2D eigenvalue weighted by atomic mass is 32.2. The van der Waals surface area contributed by atoms with Crippen molar-refractivity contribution >= 4 is 21.9 Å². The summed E-state index contributed by atoms with van der Waals surface area (Å²) in [6, 6.07) is 21.9. The number of carbonyl (C=O) groups excluding carboxylic acids is 1. The van der Waals surface area contributed by atoms with Crippen LogP contribution in [0.2, 0.25) is 0 Å². The van der Waals surface area contributed by atoms with E-state index in [1.807, 2.05) is 32.0 Å². The zero-order valence-electron chi connectivity index (χ0n) is 25.6. The van der Waals surface area contributed by atoms with Gasteiger partial charge in [-0.05, 0) is 59.7 Å². The summed E-state index contributed by atoms with van der Waals surface area (Å²) in [5.74, 6) is -0.248. The normalized spacial score (nSPS) is 19.8. The Bertz CT molecular complexity index is 1810. The predicted molar refractivity (Wildman–Crippen MR) is 170 cm³/mol. The van der Waals surface area contributed by atoms with Crippen LogP contribution in [-0.4, -0.2) is 54.4 Å². The lowest BCUT2D eigenvalue weighted by Crippen LogP contribution is -2.45. The molecule has 0 spiro atoms. The first kappa shape index (κ1) is 29.8. The lowest BCUT2D eigenvalue weighted by molar-refractivity contribution is 0.0901. The highest BCUT2D eigenvalue weighted by Crippen LogP contribution is 2.31. The first-order valence-corrected chi connectivity index (χ1v) is 16.2. The summed E-state index contributed by atoms with van der Waals surface area (Å²) in [6.07, 6.45) is -0.443. The predicted octanol–water partition coefficient (Wildman–Crippen LogP) is 5.23. The second-order valence-electron chi connectivity index (χ2n) is 12.7. The van der Waals surface area contributed by atoms with Crippen molar-refractivity contribution in [1.82, 2.24) is 20.2 Å². The van der Waals surface area contributed by atoms with Gasteiger partial charge in [0.1, 0.15) is 6.10 Å². The summed E-state index contributed by atoms with van der Waals surface area (Å²) in [4.78, 5) is 24.7. The van der Waals surface area contributed by atoms with Crippen molar-refractivity contribution in [3.05, 3.63) is 101 Å². The van der Waals surface area contributed by atoms with Crippen LogP contribution < -0.4 is 14.8 Å². The number of sulfonamides is 1. The number of hydrogen-bond acceptors (Lipinski definition) is 7. The molecule has 0 saturated carbocycles. The van der Waals surface area contributed by atoms with E-state index >= 15 is 0 Å². The number of hydrogen-bond donors (Lipinski definition) is 2. The van der Waals surface area contributed by atoms with E-state index < -0.39 is 16.1 Å². The van der Waals surface area contributed by atoms with E-state index in [2.05, 4.69) is 69.9 Å². The van der Waals surface area contributed by atoms with Crippen molar-refractivity contribution in [1.29, 1.82) is 0 Å². The van der Waals surface area contributed by atoms with Gasteiger partial charge in [0.25, 0.3) is 15.9 Å². The van der Waals surface area contributed by atoms with Crippen molar-refractivity contribution in [2.24, 2.45) is 0 Å². The first-order valence-electron chi connectivity index (χ1n) is 14.7. The minimum atomic E-state index is -4.09. The van der Waals surface area contributed by atoms with Crippen LogP contribution in [0, 0.1) is 13.8 Å². The summed E-state index contributed by atoms with van der Waals surface area (Å²) >= 11 is 0. The number of amides is 1. The molecule has 2 N–H and O–H groups in total. The minimum absolute atomic E-state index is 0.0590. The molecule has 1 amide bonds. The van der Waals surface area contributed by atoms with Crippen LogP contribution >= 0.6 is 0 Å². The van der Waals surface area contributed by atoms with Gasteiger partial charge in [-0.15, -0.1) is 0 Å². The highest BCUT2D eigenvalue weighted by molar-refractivity contribution is 7.92. The van der Waals surface area contributed by atoms with E-state index in [9.17, 15) is 13.2 Å². The third-order valence-corrected chi connectivity index (χ3v) is 9.55. The van der Waals surface area contributed by atoms with E-state index in [0.717, 1.165) is 16.7 Å². The number of rotatable bonds is 3. The summed E-state index contributed by atoms with van der Waals surface area (Å²) in [6.45, 7) is 12.3. The van der Waals surface area contributed by atoms with Gasteiger partial charge in [-0.25, -0.2) is 18.1 Å². The van der Waals surface area contributed by atoms with Gasteiger partial charge >= 0.3 is 0 Å². The second kappa shape index (κ2) is 11.3. The van der Waals surface area contributed by atoms with Gasteiger partial charge in [0.15, 0.2) is 0 Å². The monoisotopic (exact) mass is 611 g/mol. The Kier molecular flexibility index (Phi) is 7.67. The highest BCUT2D eigenvalue weighted by Gasteiger charge is 2.37. The second-order valence-corrected chi connectivity index (χ2v) is 14.4. The number of nitrogens with zero attached hydrogens (tertiary/aromatic N) is 3. The maximum absolute atomic E-state index is 13.4. The van der Waals surface area contributed by atoms with Crippen molar-refractivity contribution in [3.63, 3.8) is 0 Å². The lowest BCUT2D eigenvalue weighted by atomic mass is 9.87. The molecule has 0 radical (unpaired) electrons. The molecule has 4 aromatic rings. The molecule has 1 aromatic heterocycles. The van der Waals surface area contributed by atoms with Crippen LogP contribution in [0.4, 0.5) is 5.95 Å². The lowest BCUT2D eigenvalue weighted by Gasteiger charge is -2.21. The van der Waals surface area contributed by atoms with Crippen molar-refractivity contribution in [3.8, 4) is 17.1 Å². The number of carbonyl (C=O) groups is 1. The molecule has 0 unspecified atom stereocenters. The topological polar surface area (TPSA) is 114 Å². The number of aromatic nitrogens is 2. The van der Waals surface area contributed by atoms with Crippen LogP contribution in [-0.2, 0) is 22.0 Å². The van der Waals surface area contributed by atoms with Gasteiger partial charge in [-0.3, -0.25) is 9.69 Å². The summed E-state index contributed by atoms with van der Waals surface area (Å²) < 4.78 is 35.8. The molecule has 2 atom stereocenters. The zero-order chi connectivity index (χ0) is 31.2. The van der Waals surface area contributed by atoms with E-state index in [1.54, 1.807) is 18.2 Å². The van der Waals surface area contributed by atoms with E-state index in [1.165, 1.54) is 23.3 Å². The Labute approximate surface area is 258 Å². The molecule has 10 heteroatoms. The van der Waals surface area contributed by atoms with Gasteiger partial charge in [0, 0.05) is 36.8 Å². The molecule has 2 aliphatic heterocycles. The standard InChI is InChI=1S/C34H37N5O4S/c1-21-8-6-9-22(2)31(21)27-17-30-37-33(36-27)38-44(41,42)26-11-7-10-24(16-26)32(40)35-28-19-39(20-29(28)43-30)18-23-12-14-25(15-13-23)34(3,4)5/h6-17,28-29H,18-20H2,1-5H3,(H,35,40)(H,36,37,38)/t28-,29-/m1/s1. The SMILES string of the molecule is Cc1cccc(C)c1-c1cc2nc(n1)NS(=O)(=O)c1cccc(c1)C(=O)N[C@@H]1CN(Cc3ccc(C(C)(C)C)cc3)C[C@H]1O2. The average Bonchev–Trinajstić information content (AvgIpc) is 3.32. The van der Waals surface area contributed by atoms with Gasteiger partial charge in [-0.2, -0.15) is 4.98 Å². The molecule has 9 nitrogen and oxygen atoms in total. The van der Waals surface area contributed by atoms with E-state index in [4.69, 9.17) is 4.74 Å². The Morgan fingerprint density at radius 3 is 2.34 bits per heavy atom. The van der Waals surface area contributed by atoms with Crippen molar-refractivity contribution < 1.29 is 17.9 Å². The first-order chi connectivity index (χ1) is 20.9. The molecule has 3 aromatic carbocycles. The quantitative estimate of drug-likeness (QED) is 0.326. The van der Waals surface area contributed by atoms with E-state index in [0.29, 0.717) is 25.3 Å². The van der Waals surface area contributed by atoms with Crippen molar-refractivity contribution in [2.75, 3.05) is 17.8 Å². The van der Waals surface area contributed by atoms with Gasteiger partial charge in [0.05, 0.1) is 16.6 Å². The van der Waals surface area contributed by atoms with Crippen LogP contribution in [0.1, 0.15) is 53.4 Å². The third kappa shape index (κ3) is 6.18. The number of benzene rings is 3. The number of likely N-dealkylation sites (tertiary alicyclic amines) is 1. The third-order valence-electron chi connectivity index (χ3n) is 8.23. The van der Waals surface area contributed by atoms with Crippen LogP contribution in [0.25, 0.3) is 11.3 Å². The van der Waals surface area contributed by atoms with Crippen LogP contribution in [0.3, 0.4) is 0 Å². The molecule has 1 saturated heterocycles. The van der Waals surface area contributed by atoms with Gasteiger partial charge in [-0.1, -0.05) is 69.3 Å². The number of ether oxygens (including phenoxy) is 1. The van der Waals surface area contributed by atoms with Crippen LogP contribution in [0.15, 0.2) is 77.7 Å². The summed E-state index contributed by atoms with van der Waals surface area (Å²) in [5.41, 5.74) is 6.15. The summed E-state index contributed by atoms with van der Waals surface area (Å²) in [5, 5.41) is 3.11. The molecular weight excluding hydrogens is 574 g/mol. The van der Waals surface area contributed by atoms with Crippen molar-refractivity contribution in [2.45, 2.75) is 63.6 Å². The Morgan fingerprint density at radius 2 is 1.64 bits per heavy atom. The average molecular weight is 612 g/mol. The molecule has 6 rings (SSSR count). The largest absolute Gasteiger partial charge is 0.471 e. The maximum Gasteiger partial charge on any atom is 0.264 e. The molecule has 4 bridgehead atoms. The fourth-order valence-corrected chi connectivity index (χ4v) is 6.86. The molecular formula is C34H37N5O4S. The summed E-state index contributed by atoms with van der Waals surface area (Å²) in [7, 11) is -4.09. The molecule has 3 heterocycles. The van der Waals surface area contributed by atoms with Gasteiger partial charge in [0.2, 0.25) is 11.8 Å². The van der Waals surface area contributed by atoms with Crippen LogP contribution in [0.5, 0.6) is 5.88 Å². The minimum Gasteiger partial charge on any atom is -0.471 e. The Balaban J connectivity index is 1.38. The molecule has 2 aliphatic rings. The zero-order valence-corrected chi connectivity index (χ0v) is 26.4. The molecule has 0 aliphatic carbocycles. The maximum atomic E-state index is 13.4. The molecule has 228 valence electrons. The number of fused-ring (bicyclic) bond motifs is 5. The smallest absolute Gasteiger partial charge is 0.264 e. The number of nitrogens with one attached hydrogen (secondary N) is 2. The number of anilines is 1.